The lowest BCUT2D eigenvalue weighted by atomic mass is 9.72. The Balaban J connectivity index is 1.55. The van der Waals surface area contributed by atoms with Gasteiger partial charge in [0.1, 0.15) is 0 Å². The Morgan fingerprint density at radius 2 is 1.88 bits per heavy atom. The van der Waals surface area contributed by atoms with Crippen molar-refractivity contribution in [3.63, 3.8) is 0 Å². The van der Waals surface area contributed by atoms with Gasteiger partial charge in [-0.3, -0.25) is 9.59 Å². The van der Waals surface area contributed by atoms with Gasteiger partial charge in [-0.25, -0.2) is 0 Å². The average Bonchev–Trinajstić information content (AvgIpc) is 3.54. The minimum absolute atomic E-state index is 0.0746. The average molecular weight is 431 g/mol. The van der Waals surface area contributed by atoms with E-state index < -0.39 is 5.41 Å². The van der Waals surface area contributed by atoms with Crippen LogP contribution in [0.5, 0.6) is 0 Å². The number of piperidine rings is 1. The van der Waals surface area contributed by atoms with Gasteiger partial charge in [0, 0.05) is 25.6 Å². The predicted octanol–water partition coefficient (Wildman–Crippen LogP) is 4.77. The third kappa shape index (κ3) is 4.64. The summed E-state index contributed by atoms with van der Waals surface area (Å²) < 4.78 is 0. The maximum absolute atomic E-state index is 13.3. The largest absolute Gasteiger partial charge is 0.352 e. The second-order valence-corrected chi connectivity index (χ2v) is 9.62. The first-order chi connectivity index (χ1) is 15.4. The second kappa shape index (κ2) is 9.32. The van der Waals surface area contributed by atoms with Crippen molar-refractivity contribution in [3.8, 4) is 11.1 Å². The maximum Gasteiger partial charge on any atom is 0.226 e. The van der Waals surface area contributed by atoms with E-state index >= 15 is 0 Å². The zero-order chi connectivity index (χ0) is 22.7. The Kier molecular flexibility index (Phi) is 6.50. The van der Waals surface area contributed by atoms with E-state index in [4.69, 9.17) is 0 Å². The third-order valence-electron chi connectivity index (χ3n) is 7.27. The number of carbonyl (C=O) groups excluding carboxylic acids is 2. The molecule has 1 heterocycles. The van der Waals surface area contributed by atoms with Gasteiger partial charge in [0.05, 0.1) is 5.41 Å². The summed E-state index contributed by atoms with van der Waals surface area (Å²) in [6.07, 6.45) is 4.79. The van der Waals surface area contributed by atoms with Gasteiger partial charge in [0.25, 0.3) is 0 Å². The molecule has 0 aromatic heterocycles. The molecule has 4 rings (SSSR count). The first-order valence-electron chi connectivity index (χ1n) is 11.8. The number of likely N-dealkylation sites (tertiary alicyclic amines) is 1. The molecule has 0 radical (unpaired) electrons. The van der Waals surface area contributed by atoms with Gasteiger partial charge in [-0.15, -0.1) is 6.58 Å². The number of aryl methyl sites for hydroxylation is 1. The van der Waals surface area contributed by atoms with Crippen LogP contribution >= 0.6 is 0 Å². The van der Waals surface area contributed by atoms with Crippen LogP contribution in [-0.2, 0) is 16.0 Å². The SMILES string of the molecule is C=CCNC(=O)C1(Cc2cccc(-c3ccccc3C)c2)CCN(C(=O)[C@@H]2C[C@H]2C)CC1. The van der Waals surface area contributed by atoms with E-state index in [1.807, 2.05) is 4.90 Å². The molecule has 2 amide bonds. The number of rotatable bonds is 7. The van der Waals surface area contributed by atoms with Crippen molar-refractivity contribution >= 4 is 11.8 Å². The highest BCUT2D eigenvalue weighted by molar-refractivity contribution is 5.85. The molecule has 1 saturated carbocycles. The lowest BCUT2D eigenvalue weighted by molar-refractivity contribution is -0.141. The number of nitrogens with zero attached hydrogens (tertiary/aromatic N) is 1. The van der Waals surface area contributed by atoms with Crippen LogP contribution in [0.15, 0.2) is 61.2 Å². The zero-order valence-corrected chi connectivity index (χ0v) is 19.3. The third-order valence-corrected chi connectivity index (χ3v) is 7.27. The summed E-state index contributed by atoms with van der Waals surface area (Å²) >= 11 is 0. The highest BCUT2D eigenvalue weighted by Gasteiger charge is 2.46. The second-order valence-electron chi connectivity index (χ2n) is 9.62. The van der Waals surface area contributed by atoms with Crippen molar-refractivity contribution in [2.75, 3.05) is 19.6 Å². The number of hydrogen-bond acceptors (Lipinski definition) is 2. The van der Waals surface area contributed by atoms with Crippen LogP contribution in [0.25, 0.3) is 11.1 Å². The Hall–Kier alpha value is -2.88. The number of amides is 2. The first kappa shape index (κ1) is 22.3. The topological polar surface area (TPSA) is 49.4 Å². The van der Waals surface area contributed by atoms with Gasteiger partial charge in [-0.2, -0.15) is 0 Å². The number of nitrogens with one attached hydrogen (secondary N) is 1. The van der Waals surface area contributed by atoms with Crippen LogP contribution in [0.3, 0.4) is 0 Å². The Morgan fingerprint density at radius 1 is 1.16 bits per heavy atom. The highest BCUT2D eigenvalue weighted by Crippen LogP contribution is 2.42. The lowest BCUT2D eigenvalue weighted by Crippen LogP contribution is -2.51. The molecule has 1 N–H and O–H groups in total. The normalized spacial score (nSPS) is 21.6. The Labute approximate surface area is 191 Å². The maximum atomic E-state index is 13.3. The van der Waals surface area contributed by atoms with E-state index in [0.29, 0.717) is 44.8 Å². The quantitative estimate of drug-likeness (QED) is 0.643. The summed E-state index contributed by atoms with van der Waals surface area (Å²) in [4.78, 5) is 28.0. The molecule has 1 saturated heterocycles. The van der Waals surface area contributed by atoms with Gasteiger partial charge in [0.15, 0.2) is 0 Å². The lowest BCUT2D eigenvalue weighted by Gasteiger charge is -2.41. The van der Waals surface area contributed by atoms with Gasteiger partial charge in [0.2, 0.25) is 11.8 Å². The van der Waals surface area contributed by atoms with E-state index in [9.17, 15) is 9.59 Å². The van der Waals surface area contributed by atoms with Gasteiger partial charge in [-0.05, 0) is 60.8 Å². The minimum atomic E-state index is -0.501. The molecule has 0 spiro atoms. The van der Waals surface area contributed by atoms with E-state index in [-0.39, 0.29) is 17.7 Å². The van der Waals surface area contributed by atoms with Crippen LogP contribution in [0.2, 0.25) is 0 Å². The first-order valence-corrected chi connectivity index (χ1v) is 11.8. The molecule has 1 aliphatic heterocycles. The van der Waals surface area contributed by atoms with E-state index in [1.165, 1.54) is 16.7 Å². The van der Waals surface area contributed by atoms with E-state index in [1.54, 1.807) is 6.08 Å². The summed E-state index contributed by atoms with van der Waals surface area (Å²) in [5.41, 5.74) is 4.30. The van der Waals surface area contributed by atoms with Gasteiger partial charge in [-0.1, -0.05) is 61.5 Å². The van der Waals surface area contributed by atoms with Crippen LogP contribution in [0.4, 0.5) is 0 Å². The summed E-state index contributed by atoms with van der Waals surface area (Å²) in [7, 11) is 0. The van der Waals surface area contributed by atoms with Crippen molar-refractivity contribution < 1.29 is 9.59 Å². The van der Waals surface area contributed by atoms with E-state index in [0.717, 1.165) is 12.0 Å². The summed E-state index contributed by atoms with van der Waals surface area (Å²) in [5.74, 6) is 1.06. The van der Waals surface area contributed by atoms with Crippen LogP contribution < -0.4 is 5.32 Å². The van der Waals surface area contributed by atoms with Crippen LogP contribution in [-0.4, -0.2) is 36.3 Å². The molecule has 2 aromatic carbocycles. The fraction of sp³-hybridized carbons (Fsp3) is 0.429. The van der Waals surface area contributed by atoms with Crippen molar-refractivity contribution in [2.45, 2.75) is 39.5 Å². The fourth-order valence-corrected chi connectivity index (χ4v) is 5.03. The molecule has 4 heteroatoms. The molecule has 2 fully saturated rings. The van der Waals surface area contributed by atoms with Crippen molar-refractivity contribution in [3.05, 3.63) is 72.3 Å². The molecule has 1 aliphatic carbocycles. The number of carbonyl (C=O) groups is 2. The van der Waals surface area contributed by atoms with Crippen LogP contribution in [0.1, 0.15) is 37.3 Å². The number of hydrogen-bond donors (Lipinski definition) is 1. The number of benzene rings is 2. The fourth-order valence-electron chi connectivity index (χ4n) is 5.03. The molecule has 2 aliphatic rings. The van der Waals surface area contributed by atoms with Crippen molar-refractivity contribution in [2.24, 2.45) is 17.3 Å². The summed E-state index contributed by atoms with van der Waals surface area (Å²) in [6, 6.07) is 16.9. The van der Waals surface area contributed by atoms with Gasteiger partial charge >= 0.3 is 0 Å². The smallest absolute Gasteiger partial charge is 0.226 e. The zero-order valence-electron chi connectivity index (χ0n) is 19.3. The van der Waals surface area contributed by atoms with Crippen molar-refractivity contribution in [1.82, 2.24) is 10.2 Å². The predicted molar refractivity (Wildman–Crippen MR) is 129 cm³/mol. The van der Waals surface area contributed by atoms with E-state index in [2.05, 4.69) is 74.3 Å². The molecular formula is C28H34N2O2. The van der Waals surface area contributed by atoms with Crippen molar-refractivity contribution in [1.29, 1.82) is 0 Å². The Bertz CT molecular complexity index is 1000. The molecule has 32 heavy (non-hydrogen) atoms. The molecule has 0 unspecified atom stereocenters. The van der Waals surface area contributed by atoms with Crippen LogP contribution in [0, 0.1) is 24.2 Å². The minimum Gasteiger partial charge on any atom is -0.352 e. The summed E-state index contributed by atoms with van der Waals surface area (Å²) in [5, 5.41) is 3.04. The molecule has 2 atom stereocenters. The summed E-state index contributed by atoms with van der Waals surface area (Å²) in [6.45, 7) is 9.78. The highest BCUT2D eigenvalue weighted by atomic mass is 16.2. The molecule has 2 aromatic rings. The standard InChI is InChI=1S/C28H34N2O2/c1-4-14-29-27(32)28(12-15-30(16-13-28)26(31)25-17-21(25)3)19-22-9-7-10-23(18-22)24-11-6-5-8-20(24)2/h4-11,18,21,25H,1,12-17,19H2,2-3H3,(H,29,32)/t21-,25-/m1/s1. The Morgan fingerprint density at radius 3 is 2.53 bits per heavy atom. The monoisotopic (exact) mass is 430 g/mol. The molecule has 0 bridgehead atoms. The molecule has 4 nitrogen and oxygen atoms in total. The van der Waals surface area contributed by atoms with Gasteiger partial charge < -0.3 is 10.2 Å². The molecule has 168 valence electrons. The molecular weight excluding hydrogens is 396 g/mol.